The van der Waals surface area contributed by atoms with Gasteiger partial charge >= 0.3 is 11.8 Å². The highest BCUT2D eigenvalue weighted by atomic mass is 16.5. The molecule has 0 aliphatic rings. The second-order valence-corrected chi connectivity index (χ2v) is 6.97. The van der Waals surface area contributed by atoms with Crippen LogP contribution in [0.25, 0.3) is 0 Å². The van der Waals surface area contributed by atoms with Crippen LogP contribution in [0.3, 0.4) is 0 Å². The molecule has 164 valence electrons. The predicted octanol–water partition coefficient (Wildman–Crippen LogP) is 2.69. The minimum atomic E-state index is -0.831. The summed E-state index contributed by atoms with van der Waals surface area (Å²) in [4.78, 5) is 35.4. The normalized spacial score (nSPS) is 10.5. The lowest BCUT2D eigenvalue weighted by Crippen LogP contribution is -2.38. The fourth-order valence-electron chi connectivity index (χ4n) is 2.58. The van der Waals surface area contributed by atoms with Gasteiger partial charge in [0.25, 0.3) is 5.91 Å². The summed E-state index contributed by atoms with van der Waals surface area (Å²) in [7, 11) is 0. The largest absolute Gasteiger partial charge is 0.484 e. The number of anilines is 1. The second-order valence-electron chi connectivity index (χ2n) is 6.97. The summed E-state index contributed by atoms with van der Waals surface area (Å²) in [5, 5.41) is 9.13. The van der Waals surface area contributed by atoms with Crippen LogP contribution in [-0.2, 0) is 14.4 Å². The topological polar surface area (TPSA) is 109 Å². The van der Waals surface area contributed by atoms with E-state index >= 15 is 0 Å². The van der Waals surface area contributed by atoms with Crippen molar-refractivity contribution in [2.24, 2.45) is 5.10 Å². The molecule has 0 atom stereocenters. The zero-order chi connectivity index (χ0) is 22.6. The molecule has 8 nitrogen and oxygen atoms in total. The van der Waals surface area contributed by atoms with Crippen molar-refractivity contribution in [1.29, 1.82) is 0 Å². The molecule has 0 saturated carbocycles. The van der Waals surface area contributed by atoms with Crippen LogP contribution in [-0.4, -0.2) is 37.1 Å². The molecule has 2 aromatic carbocycles. The number of ether oxygens (including phenoxy) is 1. The highest BCUT2D eigenvalue weighted by molar-refractivity contribution is 6.35. The van der Waals surface area contributed by atoms with Gasteiger partial charge < -0.3 is 15.4 Å². The Bertz CT molecular complexity index is 956. The average Bonchev–Trinajstić information content (AvgIpc) is 2.76. The standard InChI is InChI=1S/C23H28N4O4/c1-4-5-12-24-22(29)23(30)27-25-14-18-9-7-10-19(13-18)31-15-21(28)26-20-11-6-8-16(2)17(20)3/h6-11,13-14H,4-5,12,15H2,1-3H3,(H,24,29)(H,26,28)(H,27,30)/b25-14-. The third-order valence-corrected chi connectivity index (χ3v) is 4.51. The van der Waals surface area contributed by atoms with Crippen LogP contribution < -0.4 is 20.8 Å². The number of benzene rings is 2. The number of unbranched alkanes of at least 4 members (excludes halogenated alkanes) is 1. The fourth-order valence-corrected chi connectivity index (χ4v) is 2.58. The minimum absolute atomic E-state index is 0.150. The number of hydrogen-bond donors (Lipinski definition) is 3. The maximum absolute atomic E-state index is 12.2. The van der Waals surface area contributed by atoms with E-state index in [1.54, 1.807) is 24.3 Å². The number of carbonyl (C=O) groups is 3. The molecular formula is C23H28N4O4. The number of amides is 3. The summed E-state index contributed by atoms with van der Waals surface area (Å²) >= 11 is 0. The SMILES string of the molecule is CCCCNC(=O)C(=O)N/N=C\c1cccc(OCC(=O)Nc2cccc(C)c2C)c1. The first kappa shape index (κ1) is 23.6. The molecule has 3 N–H and O–H groups in total. The highest BCUT2D eigenvalue weighted by Crippen LogP contribution is 2.18. The van der Waals surface area contributed by atoms with Gasteiger partial charge in [-0.25, -0.2) is 5.43 Å². The maximum Gasteiger partial charge on any atom is 0.329 e. The molecule has 0 radical (unpaired) electrons. The van der Waals surface area contributed by atoms with Gasteiger partial charge in [0, 0.05) is 12.2 Å². The molecule has 0 fully saturated rings. The quantitative estimate of drug-likeness (QED) is 0.249. The van der Waals surface area contributed by atoms with Crippen LogP contribution in [0.4, 0.5) is 5.69 Å². The van der Waals surface area contributed by atoms with Crippen molar-refractivity contribution in [2.45, 2.75) is 33.6 Å². The van der Waals surface area contributed by atoms with E-state index < -0.39 is 11.8 Å². The minimum Gasteiger partial charge on any atom is -0.484 e. The van der Waals surface area contributed by atoms with E-state index in [1.165, 1.54) is 6.21 Å². The van der Waals surface area contributed by atoms with Gasteiger partial charge in [0.1, 0.15) is 5.75 Å². The van der Waals surface area contributed by atoms with E-state index in [0.717, 1.165) is 29.7 Å². The van der Waals surface area contributed by atoms with Crippen LogP contribution >= 0.6 is 0 Å². The first-order valence-corrected chi connectivity index (χ1v) is 10.1. The highest BCUT2D eigenvalue weighted by Gasteiger charge is 2.11. The molecule has 0 spiro atoms. The Morgan fingerprint density at radius 3 is 2.61 bits per heavy atom. The summed E-state index contributed by atoms with van der Waals surface area (Å²) in [6.07, 6.45) is 3.11. The van der Waals surface area contributed by atoms with Crippen molar-refractivity contribution in [1.82, 2.24) is 10.7 Å². The number of aryl methyl sites for hydroxylation is 1. The van der Waals surface area contributed by atoms with Crippen LogP contribution in [0.15, 0.2) is 47.6 Å². The molecule has 0 heterocycles. The molecule has 2 aromatic rings. The molecule has 0 bridgehead atoms. The van der Waals surface area contributed by atoms with Crippen molar-refractivity contribution >= 4 is 29.6 Å². The van der Waals surface area contributed by atoms with Gasteiger partial charge in [-0.15, -0.1) is 0 Å². The summed E-state index contributed by atoms with van der Waals surface area (Å²) in [6, 6.07) is 12.6. The Morgan fingerprint density at radius 2 is 1.84 bits per heavy atom. The van der Waals surface area contributed by atoms with Crippen molar-refractivity contribution in [3.63, 3.8) is 0 Å². The van der Waals surface area contributed by atoms with Gasteiger partial charge in [0.15, 0.2) is 6.61 Å². The van der Waals surface area contributed by atoms with E-state index in [1.807, 2.05) is 39.0 Å². The number of nitrogens with one attached hydrogen (secondary N) is 3. The van der Waals surface area contributed by atoms with E-state index in [2.05, 4.69) is 21.2 Å². The van der Waals surface area contributed by atoms with E-state index in [4.69, 9.17) is 4.74 Å². The van der Waals surface area contributed by atoms with Gasteiger partial charge in [-0.3, -0.25) is 14.4 Å². The number of rotatable bonds is 9. The van der Waals surface area contributed by atoms with Crippen LogP contribution in [0.5, 0.6) is 5.75 Å². The van der Waals surface area contributed by atoms with Crippen LogP contribution in [0, 0.1) is 13.8 Å². The van der Waals surface area contributed by atoms with E-state index in [0.29, 0.717) is 17.9 Å². The van der Waals surface area contributed by atoms with Crippen molar-refractivity contribution < 1.29 is 19.1 Å². The van der Waals surface area contributed by atoms with E-state index in [9.17, 15) is 14.4 Å². The molecule has 0 aliphatic heterocycles. The van der Waals surface area contributed by atoms with Gasteiger partial charge in [0.05, 0.1) is 6.21 Å². The summed E-state index contributed by atoms with van der Waals surface area (Å²) in [5.41, 5.74) is 5.67. The maximum atomic E-state index is 12.2. The van der Waals surface area contributed by atoms with Crippen LogP contribution in [0.2, 0.25) is 0 Å². The molecule has 3 amide bonds. The van der Waals surface area contributed by atoms with Crippen molar-refractivity contribution in [3.05, 3.63) is 59.2 Å². The van der Waals surface area contributed by atoms with Gasteiger partial charge in [0.2, 0.25) is 0 Å². The molecule has 31 heavy (non-hydrogen) atoms. The Hall–Kier alpha value is -3.68. The number of hydrogen-bond acceptors (Lipinski definition) is 5. The van der Waals surface area contributed by atoms with Gasteiger partial charge in [-0.1, -0.05) is 37.6 Å². The zero-order valence-electron chi connectivity index (χ0n) is 18.0. The molecule has 8 heteroatoms. The van der Waals surface area contributed by atoms with E-state index in [-0.39, 0.29) is 12.5 Å². The average molecular weight is 425 g/mol. The third kappa shape index (κ3) is 7.93. The molecule has 0 aliphatic carbocycles. The Labute approximate surface area is 182 Å². The number of carbonyl (C=O) groups excluding carboxylic acids is 3. The van der Waals surface area contributed by atoms with Crippen molar-refractivity contribution in [3.8, 4) is 5.75 Å². The molecule has 0 saturated heterocycles. The monoisotopic (exact) mass is 424 g/mol. The summed E-state index contributed by atoms with van der Waals surface area (Å²) in [6.45, 7) is 6.22. The van der Waals surface area contributed by atoms with Gasteiger partial charge in [-0.2, -0.15) is 5.10 Å². The first-order valence-electron chi connectivity index (χ1n) is 10.1. The molecule has 0 unspecified atom stereocenters. The number of nitrogens with zero attached hydrogens (tertiary/aromatic N) is 1. The lowest BCUT2D eigenvalue weighted by Gasteiger charge is -2.11. The lowest BCUT2D eigenvalue weighted by atomic mass is 10.1. The van der Waals surface area contributed by atoms with Crippen molar-refractivity contribution in [2.75, 3.05) is 18.5 Å². The summed E-state index contributed by atoms with van der Waals surface area (Å²) in [5.74, 6) is -1.35. The molecule has 2 rings (SSSR count). The second kappa shape index (κ2) is 12.1. The summed E-state index contributed by atoms with van der Waals surface area (Å²) < 4.78 is 5.55. The fraction of sp³-hybridized carbons (Fsp3) is 0.304. The first-order chi connectivity index (χ1) is 14.9. The Balaban J connectivity index is 1.84. The zero-order valence-corrected chi connectivity index (χ0v) is 18.0. The Kier molecular flexibility index (Phi) is 9.22. The van der Waals surface area contributed by atoms with Gasteiger partial charge in [-0.05, 0) is 55.2 Å². The third-order valence-electron chi connectivity index (χ3n) is 4.51. The Morgan fingerprint density at radius 1 is 1.06 bits per heavy atom. The predicted molar refractivity (Wildman–Crippen MR) is 120 cm³/mol. The lowest BCUT2D eigenvalue weighted by molar-refractivity contribution is -0.139. The molecule has 0 aromatic heterocycles. The molecular weight excluding hydrogens is 396 g/mol. The number of hydrazone groups is 1. The van der Waals surface area contributed by atoms with Crippen LogP contribution in [0.1, 0.15) is 36.5 Å². The smallest absolute Gasteiger partial charge is 0.329 e.